The zero-order valence-electron chi connectivity index (χ0n) is 11.1. The van der Waals surface area contributed by atoms with E-state index in [1.54, 1.807) is 0 Å². The molecule has 0 aliphatic carbocycles. The summed E-state index contributed by atoms with van der Waals surface area (Å²) in [4.78, 5) is 1.10. The predicted molar refractivity (Wildman–Crippen MR) is 77.2 cm³/mol. The van der Waals surface area contributed by atoms with Crippen LogP contribution in [0.5, 0.6) is 0 Å². The number of rotatable bonds is 7. The molecule has 16 heavy (non-hydrogen) atoms. The Morgan fingerprint density at radius 1 is 1.38 bits per heavy atom. The van der Waals surface area contributed by atoms with Gasteiger partial charge in [-0.2, -0.15) is 0 Å². The number of nitrogens with two attached hydrogens (primary N) is 1. The Hall–Kier alpha value is -0.470. The van der Waals surface area contributed by atoms with E-state index in [-0.39, 0.29) is 0 Å². The molecule has 0 amide bonds. The molecule has 0 heterocycles. The Balaban J connectivity index is 4.98. The summed E-state index contributed by atoms with van der Waals surface area (Å²) in [6.45, 7) is 12.8. The first kappa shape index (κ1) is 15.5. The molecule has 0 saturated carbocycles. The second-order valence-corrected chi connectivity index (χ2v) is 4.64. The van der Waals surface area contributed by atoms with Gasteiger partial charge in [-0.1, -0.05) is 38.5 Å². The van der Waals surface area contributed by atoms with Crippen molar-refractivity contribution in [3.05, 3.63) is 34.3 Å². The van der Waals surface area contributed by atoms with Crippen molar-refractivity contribution in [2.45, 2.75) is 53.4 Å². The third-order valence-corrected chi connectivity index (χ3v) is 3.61. The lowest BCUT2D eigenvalue weighted by molar-refractivity contribution is 0.783. The molecule has 0 aliphatic heterocycles. The van der Waals surface area contributed by atoms with E-state index in [0.29, 0.717) is 0 Å². The molecule has 0 spiro atoms. The Labute approximate surface area is 105 Å². The fraction of sp³-hybridized carbons (Fsp3) is 0.571. The van der Waals surface area contributed by atoms with E-state index < -0.39 is 0 Å². The van der Waals surface area contributed by atoms with E-state index in [1.165, 1.54) is 35.9 Å². The molecule has 0 rings (SSSR count). The molecule has 0 unspecified atom stereocenters. The van der Waals surface area contributed by atoms with Crippen LogP contribution in [0.4, 0.5) is 0 Å². The summed E-state index contributed by atoms with van der Waals surface area (Å²) in [6.07, 6.45) is 6.69. The van der Waals surface area contributed by atoms with Crippen LogP contribution >= 0.6 is 11.9 Å². The van der Waals surface area contributed by atoms with E-state index in [9.17, 15) is 0 Å². The van der Waals surface area contributed by atoms with Gasteiger partial charge in [0, 0.05) is 4.91 Å². The minimum absolute atomic E-state index is 1.09. The Morgan fingerprint density at radius 2 is 2.00 bits per heavy atom. The van der Waals surface area contributed by atoms with Crippen molar-refractivity contribution in [3.8, 4) is 0 Å². The summed E-state index contributed by atoms with van der Waals surface area (Å²) in [7, 11) is 0. The average molecular weight is 239 g/mol. The smallest absolute Gasteiger partial charge is 0.0252 e. The first-order valence-electron chi connectivity index (χ1n) is 6.03. The van der Waals surface area contributed by atoms with Crippen molar-refractivity contribution in [2.24, 2.45) is 5.14 Å². The van der Waals surface area contributed by atoms with Crippen LogP contribution in [0.2, 0.25) is 0 Å². The first-order chi connectivity index (χ1) is 7.62. The normalized spacial score (nSPS) is 13.7. The second kappa shape index (κ2) is 8.66. The Morgan fingerprint density at radius 3 is 2.38 bits per heavy atom. The molecule has 0 aliphatic rings. The minimum Gasteiger partial charge on any atom is -0.274 e. The maximum absolute atomic E-state index is 5.66. The third-order valence-electron chi connectivity index (χ3n) is 2.88. The van der Waals surface area contributed by atoms with E-state index in [4.69, 9.17) is 5.14 Å². The third kappa shape index (κ3) is 4.58. The standard InChI is InChI=1S/C14H25NS/c1-6-9-10-13(11(4)7-2)12(5)14(8-3)16-15/h8H,5-7,9-10,15H2,1-4H3/b13-11+,14-8+. The molecular weight excluding hydrogens is 214 g/mol. The molecule has 0 saturated heterocycles. The summed E-state index contributed by atoms with van der Waals surface area (Å²) in [6, 6.07) is 0. The van der Waals surface area contributed by atoms with Gasteiger partial charge in [-0.15, -0.1) is 0 Å². The van der Waals surface area contributed by atoms with Crippen molar-refractivity contribution in [3.63, 3.8) is 0 Å². The Bertz CT molecular complexity index is 287. The summed E-state index contributed by atoms with van der Waals surface area (Å²) in [5.41, 5.74) is 3.95. The molecule has 0 aromatic heterocycles. The van der Waals surface area contributed by atoms with Crippen LogP contribution in [0, 0.1) is 0 Å². The van der Waals surface area contributed by atoms with Gasteiger partial charge < -0.3 is 0 Å². The second-order valence-electron chi connectivity index (χ2n) is 3.97. The van der Waals surface area contributed by atoms with E-state index in [2.05, 4.69) is 27.4 Å². The van der Waals surface area contributed by atoms with Gasteiger partial charge >= 0.3 is 0 Å². The SMILES string of the molecule is C=C(/C(=C\C)SN)/C(CCCC)=C(\C)CC. The molecule has 0 bridgehead atoms. The lowest BCUT2D eigenvalue weighted by Gasteiger charge is -2.15. The highest BCUT2D eigenvalue weighted by atomic mass is 32.2. The van der Waals surface area contributed by atoms with Gasteiger partial charge in [0.2, 0.25) is 0 Å². The number of hydrogen-bond acceptors (Lipinski definition) is 2. The predicted octanol–water partition coefficient (Wildman–Crippen LogP) is 4.97. The van der Waals surface area contributed by atoms with Crippen molar-refractivity contribution >= 4 is 11.9 Å². The highest BCUT2D eigenvalue weighted by molar-refractivity contribution is 8.01. The van der Waals surface area contributed by atoms with Crippen LogP contribution in [0.3, 0.4) is 0 Å². The molecule has 1 nitrogen and oxygen atoms in total. The summed E-state index contributed by atoms with van der Waals surface area (Å²) >= 11 is 1.30. The number of allylic oxidation sites excluding steroid dienone is 4. The zero-order chi connectivity index (χ0) is 12.6. The summed E-state index contributed by atoms with van der Waals surface area (Å²) in [5.74, 6) is 0. The van der Waals surface area contributed by atoms with Crippen molar-refractivity contribution in [1.29, 1.82) is 0 Å². The van der Waals surface area contributed by atoms with Crippen molar-refractivity contribution in [1.82, 2.24) is 0 Å². The van der Waals surface area contributed by atoms with Gasteiger partial charge in [-0.25, -0.2) is 0 Å². The Kier molecular flexibility index (Phi) is 8.40. The monoisotopic (exact) mass is 239 g/mol. The van der Waals surface area contributed by atoms with Gasteiger partial charge in [-0.05, 0) is 56.2 Å². The van der Waals surface area contributed by atoms with Crippen molar-refractivity contribution in [2.75, 3.05) is 0 Å². The highest BCUT2D eigenvalue weighted by Gasteiger charge is 2.09. The van der Waals surface area contributed by atoms with Crippen LogP contribution in [0.1, 0.15) is 53.4 Å². The molecule has 0 radical (unpaired) electrons. The largest absolute Gasteiger partial charge is 0.274 e. The van der Waals surface area contributed by atoms with Gasteiger partial charge in [0.15, 0.2) is 0 Å². The zero-order valence-corrected chi connectivity index (χ0v) is 11.9. The van der Waals surface area contributed by atoms with Gasteiger partial charge in [0.05, 0.1) is 0 Å². The molecule has 0 atom stereocenters. The quantitative estimate of drug-likeness (QED) is 0.501. The average Bonchev–Trinajstić information content (AvgIpc) is 2.30. The first-order valence-corrected chi connectivity index (χ1v) is 6.91. The maximum atomic E-state index is 5.66. The highest BCUT2D eigenvalue weighted by Crippen LogP contribution is 2.30. The summed E-state index contributed by atoms with van der Waals surface area (Å²) < 4.78 is 0. The summed E-state index contributed by atoms with van der Waals surface area (Å²) in [5, 5.41) is 5.66. The van der Waals surface area contributed by atoms with Crippen LogP contribution in [-0.2, 0) is 0 Å². The maximum Gasteiger partial charge on any atom is 0.0252 e. The molecule has 92 valence electrons. The lowest BCUT2D eigenvalue weighted by Crippen LogP contribution is -1.97. The molecule has 2 heteroatoms. The fourth-order valence-electron chi connectivity index (χ4n) is 1.65. The van der Waals surface area contributed by atoms with Gasteiger partial charge in [0.1, 0.15) is 0 Å². The van der Waals surface area contributed by atoms with Crippen LogP contribution in [0.25, 0.3) is 0 Å². The fourth-order valence-corrected chi connectivity index (χ4v) is 2.05. The van der Waals surface area contributed by atoms with E-state index >= 15 is 0 Å². The van der Waals surface area contributed by atoms with Crippen LogP contribution in [-0.4, -0.2) is 0 Å². The molecular formula is C14H25NS. The molecule has 0 fully saturated rings. The number of hydrogen-bond donors (Lipinski definition) is 1. The number of unbranched alkanes of at least 4 members (excludes halogenated alkanes) is 1. The van der Waals surface area contributed by atoms with Crippen LogP contribution < -0.4 is 5.14 Å². The van der Waals surface area contributed by atoms with E-state index in [1.807, 2.05) is 13.0 Å². The molecule has 2 N–H and O–H groups in total. The van der Waals surface area contributed by atoms with Gasteiger partial charge in [-0.3, -0.25) is 5.14 Å². The van der Waals surface area contributed by atoms with Crippen molar-refractivity contribution < 1.29 is 0 Å². The molecule has 0 aromatic carbocycles. The topological polar surface area (TPSA) is 26.0 Å². The van der Waals surface area contributed by atoms with E-state index in [0.717, 1.165) is 23.3 Å². The van der Waals surface area contributed by atoms with Crippen LogP contribution in [0.15, 0.2) is 34.3 Å². The lowest BCUT2D eigenvalue weighted by atomic mass is 9.95. The van der Waals surface area contributed by atoms with Gasteiger partial charge in [0.25, 0.3) is 0 Å². The minimum atomic E-state index is 1.09. The molecule has 0 aromatic rings.